The van der Waals surface area contributed by atoms with Gasteiger partial charge in [0, 0.05) is 13.1 Å². The summed E-state index contributed by atoms with van der Waals surface area (Å²) < 4.78 is 0. The molecule has 0 fully saturated rings. The van der Waals surface area contributed by atoms with Crippen LogP contribution < -0.4 is 34.0 Å². The number of rotatable bonds is 10. The van der Waals surface area contributed by atoms with Crippen LogP contribution >= 0.6 is 11.6 Å². The molecule has 150 valence electrons. The van der Waals surface area contributed by atoms with Crippen LogP contribution in [0.25, 0.3) is 0 Å². The number of carbonyl (C=O) groups is 1. The van der Waals surface area contributed by atoms with E-state index in [0.717, 1.165) is 38.5 Å². The Morgan fingerprint density at radius 3 is 2.04 bits per heavy atom. The topological polar surface area (TPSA) is 210 Å². The smallest absolute Gasteiger partial charge is 0.280 e. The molecule has 27 heavy (non-hydrogen) atoms. The van der Waals surface area contributed by atoms with Gasteiger partial charge in [-0.05, 0) is 12.8 Å². The number of nitrogens with one attached hydrogen (secondary N) is 1. The molecule has 11 nitrogen and oxygen atoms in total. The summed E-state index contributed by atoms with van der Waals surface area (Å²) in [6.45, 7) is 1.17. The minimum absolute atomic E-state index is 0.0219. The summed E-state index contributed by atoms with van der Waals surface area (Å²) in [5, 5.41) is 2.28. The molecule has 0 aliphatic rings. The summed E-state index contributed by atoms with van der Waals surface area (Å²) in [5.41, 5.74) is 27.1. The van der Waals surface area contributed by atoms with E-state index in [1.165, 1.54) is 0 Å². The maximum atomic E-state index is 12.1. The summed E-state index contributed by atoms with van der Waals surface area (Å²) in [6.07, 6.45) is 6.10. The van der Waals surface area contributed by atoms with Crippen molar-refractivity contribution < 1.29 is 4.79 Å². The molecule has 1 aromatic heterocycles. The number of unbranched alkanes of at least 4 members (excludes halogenated alkanes) is 5. The van der Waals surface area contributed by atoms with E-state index < -0.39 is 5.91 Å². The van der Waals surface area contributed by atoms with E-state index in [4.69, 9.17) is 40.3 Å². The highest BCUT2D eigenvalue weighted by Crippen LogP contribution is 2.17. The lowest BCUT2D eigenvalue weighted by atomic mass is 10.1. The molecule has 1 aromatic rings. The molecule has 0 saturated carbocycles. The minimum Gasteiger partial charge on any atom is -0.382 e. The van der Waals surface area contributed by atoms with E-state index >= 15 is 0 Å². The van der Waals surface area contributed by atoms with Crippen molar-refractivity contribution in [1.82, 2.24) is 15.3 Å². The molecule has 12 heteroatoms. The Morgan fingerprint density at radius 1 is 0.889 bits per heavy atom. The molecule has 0 aromatic carbocycles. The maximum absolute atomic E-state index is 12.1. The quantitative estimate of drug-likeness (QED) is 0.178. The second-order valence-electron chi connectivity index (χ2n) is 5.78. The van der Waals surface area contributed by atoms with Gasteiger partial charge in [-0.2, -0.15) is 0 Å². The highest BCUT2D eigenvalue weighted by Gasteiger charge is 2.16. The lowest BCUT2D eigenvalue weighted by molar-refractivity contribution is 0.0972. The average molecular weight is 399 g/mol. The first-order valence-electron chi connectivity index (χ1n) is 8.56. The van der Waals surface area contributed by atoms with Crippen LogP contribution in [0.5, 0.6) is 0 Å². The summed E-state index contributed by atoms with van der Waals surface area (Å²) in [5.74, 6) is -0.729. The summed E-state index contributed by atoms with van der Waals surface area (Å²) in [7, 11) is 0. The first-order valence-corrected chi connectivity index (χ1v) is 8.94. The van der Waals surface area contributed by atoms with Crippen LogP contribution in [-0.4, -0.2) is 40.9 Å². The van der Waals surface area contributed by atoms with Crippen molar-refractivity contribution in [1.29, 1.82) is 0 Å². The van der Waals surface area contributed by atoms with Gasteiger partial charge in [-0.3, -0.25) is 20.1 Å². The Morgan fingerprint density at radius 2 is 1.44 bits per heavy atom. The van der Waals surface area contributed by atoms with Gasteiger partial charge in [0.05, 0.1) is 0 Å². The Bertz CT molecular complexity index is 687. The van der Waals surface area contributed by atoms with Crippen LogP contribution in [0.3, 0.4) is 0 Å². The number of hydrogen-bond donors (Lipinski definition) is 6. The molecule has 0 unspecified atom stereocenters. The zero-order valence-corrected chi connectivity index (χ0v) is 15.9. The van der Waals surface area contributed by atoms with Crippen LogP contribution in [-0.2, 0) is 0 Å². The van der Waals surface area contributed by atoms with Gasteiger partial charge in [-0.25, -0.2) is 9.97 Å². The van der Waals surface area contributed by atoms with Gasteiger partial charge in [0.2, 0.25) is 0 Å². The fourth-order valence-corrected chi connectivity index (χ4v) is 2.29. The van der Waals surface area contributed by atoms with Crippen molar-refractivity contribution in [3.8, 4) is 0 Å². The SMILES string of the molecule is NC(N)=NCCCCCCCCN=C(N)NC(=O)c1nc(Cl)c(N)nc1N. The van der Waals surface area contributed by atoms with Gasteiger partial charge in [-0.1, -0.05) is 37.3 Å². The first-order chi connectivity index (χ1) is 12.8. The highest BCUT2D eigenvalue weighted by molar-refractivity contribution is 6.31. The largest absolute Gasteiger partial charge is 0.382 e. The van der Waals surface area contributed by atoms with Crippen molar-refractivity contribution in [3.05, 3.63) is 10.8 Å². The Labute approximate surface area is 162 Å². The van der Waals surface area contributed by atoms with Gasteiger partial charge in [0.1, 0.15) is 0 Å². The minimum atomic E-state index is -0.649. The van der Waals surface area contributed by atoms with Gasteiger partial charge >= 0.3 is 0 Å². The van der Waals surface area contributed by atoms with Gasteiger partial charge in [0.15, 0.2) is 34.4 Å². The van der Waals surface area contributed by atoms with Crippen LogP contribution in [0.4, 0.5) is 11.6 Å². The average Bonchev–Trinajstić information content (AvgIpc) is 2.59. The normalized spacial score (nSPS) is 11.2. The summed E-state index contributed by atoms with van der Waals surface area (Å²) in [4.78, 5) is 27.6. The number of guanidine groups is 2. The van der Waals surface area contributed by atoms with Crippen molar-refractivity contribution in [3.63, 3.8) is 0 Å². The van der Waals surface area contributed by atoms with E-state index in [0.29, 0.717) is 13.1 Å². The zero-order valence-electron chi connectivity index (χ0n) is 15.1. The number of carbonyl (C=O) groups excluding carboxylic acids is 1. The van der Waals surface area contributed by atoms with Crippen LogP contribution in [0.1, 0.15) is 49.0 Å². The lowest BCUT2D eigenvalue weighted by Gasteiger charge is -2.07. The molecule has 0 spiro atoms. The Hall–Kier alpha value is -2.82. The summed E-state index contributed by atoms with van der Waals surface area (Å²) in [6, 6.07) is 0. The molecule has 1 amide bonds. The van der Waals surface area contributed by atoms with E-state index in [1.807, 2.05) is 0 Å². The van der Waals surface area contributed by atoms with Crippen molar-refractivity contribution >= 4 is 41.1 Å². The standard InChI is InChI=1S/C15H27ClN10O/c16-10-12(18)25-11(17)9(24-10)13(27)26-15(21)23-8-6-4-2-1-3-5-7-22-14(19)20/h1-8H2,(H4,17,18,25)(H4,19,20,22)(H3,21,23,26,27). The number of aliphatic imine (C=N–C) groups is 2. The van der Waals surface area contributed by atoms with Gasteiger partial charge in [0.25, 0.3) is 5.91 Å². The third kappa shape index (κ3) is 8.90. The fourth-order valence-electron chi connectivity index (χ4n) is 2.16. The number of halogens is 1. The molecule has 1 heterocycles. The monoisotopic (exact) mass is 398 g/mol. The van der Waals surface area contributed by atoms with Gasteiger partial charge in [-0.15, -0.1) is 0 Å². The van der Waals surface area contributed by atoms with Crippen molar-refractivity contribution in [2.45, 2.75) is 38.5 Å². The number of anilines is 2. The van der Waals surface area contributed by atoms with Crippen molar-refractivity contribution in [2.24, 2.45) is 27.2 Å². The number of hydrogen-bond acceptors (Lipinski definition) is 7. The summed E-state index contributed by atoms with van der Waals surface area (Å²) >= 11 is 5.74. The van der Waals surface area contributed by atoms with Crippen molar-refractivity contribution in [2.75, 3.05) is 24.6 Å². The molecule has 0 aliphatic carbocycles. The molecule has 0 bridgehead atoms. The molecular formula is C15H27ClN10O. The predicted octanol–water partition coefficient (Wildman–Crippen LogP) is -0.0471. The second-order valence-corrected chi connectivity index (χ2v) is 6.14. The number of nitrogens with zero attached hydrogens (tertiary/aromatic N) is 4. The predicted molar refractivity (Wildman–Crippen MR) is 108 cm³/mol. The molecule has 0 saturated heterocycles. The van der Waals surface area contributed by atoms with Crippen LogP contribution in [0.15, 0.2) is 9.98 Å². The Kier molecular flexibility index (Phi) is 9.65. The lowest BCUT2D eigenvalue weighted by Crippen LogP contribution is -2.38. The van der Waals surface area contributed by atoms with E-state index in [-0.39, 0.29) is 34.4 Å². The molecule has 0 atom stereocenters. The third-order valence-corrected chi connectivity index (χ3v) is 3.78. The molecule has 0 aliphatic heterocycles. The number of amides is 1. The molecule has 11 N–H and O–H groups in total. The first kappa shape index (κ1) is 22.2. The fraction of sp³-hybridized carbons (Fsp3) is 0.533. The Balaban J connectivity index is 2.25. The number of nitrogens with two attached hydrogens (primary N) is 5. The van der Waals surface area contributed by atoms with E-state index in [1.54, 1.807) is 0 Å². The second kappa shape index (κ2) is 11.7. The number of nitrogen functional groups attached to an aromatic ring is 2. The van der Waals surface area contributed by atoms with E-state index in [9.17, 15) is 4.79 Å². The molecule has 1 rings (SSSR count). The van der Waals surface area contributed by atoms with Gasteiger partial charge < -0.3 is 28.7 Å². The van der Waals surface area contributed by atoms with Crippen LogP contribution in [0.2, 0.25) is 5.15 Å². The highest BCUT2D eigenvalue weighted by atomic mass is 35.5. The van der Waals surface area contributed by atoms with E-state index in [2.05, 4.69) is 25.3 Å². The third-order valence-electron chi connectivity index (χ3n) is 3.50. The molecule has 0 radical (unpaired) electrons. The maximum Gasteiger partial charge on any atom is 0.280 e. The van der Waals surface area contributed by atoms with Crippen LogP contribution in [0, 0.1) is 0 Å². The molecular weight excluding hydrogens is 372 g/mol. The zero-order chi connectivity index (χ0) is 20.2. The number of aromatic nitrogens is 2.